The Bertz CT molecular complexity index is 249. The minimum atomic E-state index is -0.938. The Kier molecular flexibility index (Phi) is 21.3. The maximum absolute atomic E-state index is 10.8. The standard InChI is InChI=1S/C7H16N2O.C7H14O3.C2H6/c1-3-5-9-7(10)4-6-8-2;1-7(2,5-10-3)6(9)4-8;1-2/h8H,3-6H2,1-2H3,(H,9,10);4,6,9H,5H2,1-3H3;1-2H3. The number of aldehydes is 1. The van der Waals surface area contributed by atoms with Crippen molar-refractivity contribution in [3.05, 3.63) is 0 Å². The third kappa shape index (κ3) is 17.1. The van der Waals surface area contributed by atoms with Crippen molar-refractivity contribution in [3.63, 3.8) is 0 Å². The molecule has 0 heterocycles. The molecule has 0 rings (SSSR count). The Labute approximate surface area is 136 Å². The lowest BCUT2D eigenvalue weighted by molar-refractivity contribution is -0.122. The number of nitrogens with one attached hydrogen (secondary N) is 2. The number of ether oxygens (including phenoxy) is 1. The first-order valence-corrected chi connectivity index (χ1v) is 7.89. The maximum atomic E-state index is 10.8. The van der Waals surface area contributed by atoms with Crippen molar-refractivity contribution in [1.29, 1.82) is 0 Å². The van der Waals surface area contributed by atoms with Crippen LogP contribution in [-0.4, -0.2) is 57.3 Å². The summed E-state index contributed by atoms with van der Waals surface area (Å²) >= 11 is 0. The van der Waals surface area contributed by atoms with E-state index in [1.807, 2.05) is 27.8 Å². The lowest BCUT2D eigenvalue weighted by Gasteiger charge is -2.25. The number of aliphatic hydroxyl groups excluding tert-OH is 1. The largest absolute Gasteiger partial charge is 0.385 e. The normalized spacial score (nSPS) is 11.3. The molecular formula is C16H36N2O4. The zero-order valence-corrected chi connectivity index (χ0v) is 15.4. The van der Waals surface area contributed by atoms with Gasteiger partial charge in [-0.15, -0.1) is 0 Å². The van der Waals surface area contributed by atoms with Crippen LogP contribution in [0.4, 0.5) is 0 Å². The molecule has 0 aliphatic carbocycles. The van der Waals surface area contributed by atoms with E-state index in [0.29, 0.717) is 19.3 Å². The second kappa shape index (κ2) is 18.1. The quantitative estimate of drug-likeness (QED) is 0.559. The molecule has 134 valence electrons. The Hall–Kier alpha value is -0.980. The molecule has 0 fully saturated rings. The van der Waals surface area contributed by atoms with Gasteiger partial charge in [0, 0.05) is 32.0 Å². The summed E-state index contributed by atoms with van der Waals surface area (Å²) < 4.78 is 4.81. The van der Waals surface area contributed by atoms with E-state index in [1.54, 1.807) is 21.0 Å². The smallest absolute Gasteiger partial charge is 0.221 e. The van der Waals surface area contributed by atoms with Crippen molar-refractivity contribution in [3.8, 4) is 0 Å². The minimum Gasteiger partial charge on any atom is -0.385 e. The lowest BCUT2D eigenvalue weighted by atomic mass is 9.88. The molecule has 0 saturated heterocycles. The van der Waals surface area contributed by atoms with Crippen LogP contribution in [-0.2, 0) is 14.3 Å². The minimum absolute atomic E-state index is 0.135. The molecule has 6 heteroatoms. The van der Waals surface area contributed by atoms with E-state index in [9.17, 15) is 9.59 Å². The first-order valence-electron chi connectivity index (χ1n) is 7.89. The molecule has 1 unspecified atom stereocenters. The van der Waals surface area contributed by atoms with Crippen molar-refractivity contribution < 1.29 is 19.4 Å². The lowest BCUT2D eigenvalue weighted by Crippen LogP contribution is -2.34. The van der Waals surface area contributed by atoms with Crippen LogP contribution in [0.15, 0.2) is 0 Å². The number of methoxy groups -OCH3 is 1. The van der Waals surface area contributed by atoms with Crippen LogP contribution in [0.5, 0.6) is 0 Å². The van der Waals surface area contributed by atoms with Gasteiger partial charge in [0.15, 0.2) is 0 Å². The molecule has 0 aromatic carbocycles. The van der Waals surface area contributed by atoms with Crippen LogP contribution in [0.1, 0.15) is 47.5 Å². The molecule has 1 atom stereocenters. The fourth-order valence-electron chi connectivity index (χ4n) is 1.23. The van der Waals surface area contributed by atoms with Gasteiger partial charge in [0.25, 0.3) is 0 Å². The van der Waals surface area contributed by atoms with Crippen LogP contribution in [0.3, 0.4) is 0 Å². The van der Waals surface area contributed by atoms with Gasteiger partial charge >= 0.3 is 0 Å². The topological polar surface area (TPSA) is 87.7 Å². The summed E-state index contributed by atoms with van der Waals surface area (Å²) in [4.78, 5) is 20.9. The van der Waals surface area contributed by atoms with Crippen molar-refractivity contribution in [2.45, 2.75) is 53.6 Å². The molecule has 6 nitrogen and oxygen atoms in total. The fourth-order valence-corrected chi connectivity index (χ4v) is 1.23. The van der Waals surface area contributed by atoms with Crippen molar-refractivity contribution >= 4 is 12.2 Å². The predicted molar refractivity (Wildman–Crippen MR) is 90.9 cm³/mol. The molecular weight excluding hydrogens is 284 g/mol. The highest BCUT2D eigenvalue weighted by atomic mass is 16.5. The number of amides is 1. The molecule has 0 saturated carbocycles. The number of aliphatic hydroxyl groups is 1. The van der Waals surface area contributed by atoms with Gasteiger partial charge in [-0.2, -0.15) is 0 Å². The van der Waals surface area contributed by atoms with Crippen LogP contribution >= 0.6 is 0 Å². The zero-order chi connectivity index (χ0) is 18.0. The number of hydrogen-bond donors (Lipinski definition) is 3. The van der Waals surface area contributed by atoms with Gasteiger partial charge in [-0.3, -0.25) is 4.79 Å². The zero-order valence-electron chi connectivity index (χ0n) is 15.4. The summed E-state index contributed by atoms with van der Waals surface area (Å²) in [6, 6.07) is 0. The number of carbonyl (C=O) groups excluding carboxylic acids is 2. The van der Waals surface area contributed by atoms with Gasteiger partial charge in [0.05, 0.1) is 6.61 Å². The molecule has 0 aliphatic heterocycles. The van der Waals surface area contributed by atoms with Gasteiger partial charge < -0.3 is 25.3 Å². The second-order valence-electron chi connectivity index (χ2n) is 5.21. The monoisotopic (exact) mass is 320 g/mol. The van der Waals surface area contributed by atoms with Crippen molar-refractivity contribution in [1.82, 2.24) is 10.6 Å². The van der Waals surface area contributed by atoms with E-state index in [2.05, 4.69) is 10.6 Å². The number of hydrogen-bond acceptors (Lipinski definition) is 5. The van der Waals surface area contributed by atoms with Gasteiger partial charge in [0.2, 0.25) is 5.91 Å². The molecule has 0 bridgehead atoms. The van der Waals surface area contributed by atoms with E-state index < -0.39 is 11.5 Å². The summed E-state index contributed by atoms with van der Waals surface area (Å²) in [5.74, 6) is 0.135. The fraction of sp³-hybridized carbons (Fsp3) is 0.875. The van der Waals surface area contributed by atoms with Crippen LogP contribution in [0.25, 0.3) is 0 Å². The summed E-state index contributed by atoms with van der Waals surface area (Å²) in [6.45, 7) is 11.5. The van der Waals surface area contributed by atoms with Crippen LogP contribution in [0.2, 0.25) is 0 Å². The highest BCUT2D eigenvalue weighted by molar-refractivity contribution is 5.75. The molecule has 3 N–H and O–H groups in total. The number of carbonyl (C=O) groups is 2. The first-order chi connectivity index (χ1) is 10.4. The SMILES string of the molecule is CC.CCCNC(=O)CCNC.COCC(C)(C)C(O)C=O. The van der Waals surface area contributed by atoms with Gasteiger partial charge in [-0.25, -0.2) is 0 Å². The molecule has 0 aromatic heterocycles. The predicted octanol–water partition coefficient (Wildman–Crippen LogP) is 1.37. The van der Waals surface area contributed by atoms with Crippen molar-refractivity contribution in [2.75, 3.05) is 33.9 Å². The molecule has 0 spiro atoms. The summed E-state index contributed by atoms with van der Waals surface area (Å²) in [6.07, 6.45) is 1.17. The summed E-state index contributed by atoms with van der Waals surface area (Å²) in [7, 11) is 3.38. The molecule has 0 radical (unpaired) electrons. The summed E-state index contributed by atoms with van der Waals surface area (Å²) in [5.41, 5.74) is -0.476. The molecule has 0 aromatic rings. The molecule has 1 amide bonds. The average molecular weight is 320 g/mol. The Morgan fingerprint density at radius 2 is 1.86 bits per heavy atom. The van der Waals surface area contributed by atoms with E-state index in [1.165, 1.54) is 0 Å². The van der Waals surface area contributed by atoms with Gasteiger partial charge in [-0.05, 0) is 13.5 Å². The maximum Gasteiger partial charge on any atom is 0.221 e. The Morgan fingerprint density at radius 3 is 2.23 bits per heavy atom. The van der Waals surface area contributed by atoms with Crippen LogP contribution in [0, 0.1) is 5.41 Å². The average Bonchev–Trinajstić information content (AvgIpc) is 2.52. The second-order valence-corrected chi connectivity index (χ2v) is 5.21. The first kappa shape index (κ1) is 25.9. The highest BCUT2D eigenvalue weighted by Gasteiger charge is 2.26. The molecule has 22 heavy (non-hydrogen) atoms. The van der Waals surface area contributed by atoms with E-state index in [0.717, 1.165) is 19.5 Å². The van der Waals surface area contributed by atoms with Gasteiger partial charge in [-0.1, -0.05) is 34.6 Å². The van der Waals surface area contributed by atoms with Crippen molar-refractivity contribution in [2.24, 2.45) is 5.41 Å². The van der Waals surface area contributed by atoms with E-state index in [4.69, 9.17) is 9.84 Å². The molecule has 0 aliphatic rings. The van der Waals surface area contributed by atoms with E-state index >= 15 is 0 Å². The highest BCUT2D eigenvalue weighted by Crippen LogP contribution is 2.18. The summed E-state index contributed by atoms with van der Waals surface area (Å²) in [5, 5.41) is 14.8. The van der Waals surface area contributed by atoms with Crippen LogP contribution < -0.4 is 10.6 Å². The Balaban J connectivity index is -0.000000294. The van der Waals surface area contributed by atoms with E-state index in [-0.39, 0.29) is 5.91 Å². The third-order valence-electron chi connectivity index (χ3n) is 2.62. The number of rotatable bonds is 9. The van der Waals surface area contributed by atoms with Gasteiger partial charge in [0.1, 0.15) is 12.4 Å². The third-order valence-corrected chi connectivity index (χ3v) is 2.62. The Morgan fingerprint density at radius 1 is 1.32 bits per heavy atom.